The Morgan fingerprint density at radius 2 is 1.95 bits per heavy atom. The molecule has 0 saturated carbocycles. The second-order valence-electron chi connectivity index (χ2n) is 3.88. The SMILES string of the molecule is CN1C(=O)C(Br)C[C-]=C1c1c(F)cc(O)cc1F.[Y]. The molecule has 1 aromatic rings. The van der Waals surface area contributed by atoms with E-state index in [1.807, 2.05) is 0 Å². The van der Waals surface area contributed by atoms with E-state index in [1.165, 1.54) is 7.05 Å². The maximum Gasteiger partial charge on any atom is 0.236 e. The molecule has 0 spiro atoms. The maximum atomic E-state index is 13.7. The van der Waals surface area contributed by atoms with Crippen molar-refractivity contribution in [3.8, 4) is 5.75 Å². The predicted octanol–water partition coefficient (Wildman–Crippen LogP) is 2.44. The maximum absolute atomic E-state index is 13.7. The van der Waals surface area contributed by atoms with Gasteiger partial charge < -0.3 is 10.0 Å². The van der Waals surface area contributed by atoms with E-state index < -0.39 is 22.2 Å². The van der Waals surface area contributed by atoms with Crippen LogP contribution in [0.15, 0.2) is 12.1 Å². The van der Waals surface area contributed by atoms with E-state index in [9.17, 15) is 13.6 Å². The number of carbonyl (C=O) groups excluding carboxylic acids is 1. The van der Waals surface area contributed by atoms with Gasteiger partial charge in [0.15, 0.2) is 0 Å². The van der Waals surface area contributed by atoms with Crippen molar-refractivity contribution in [3.05, 3.63) is 35.4 Å². The Bertz CT molecular complexity index is 528. The average molecular weight is 406 g/mol. The van der Waals surface area contributed by atoms with Crippen LogP contribution in [0.25, 0.3) is 5.70 Å². The van der Waals surface area contributed by atoms with Crippen molar-refractivity contribution in [3.63, 3.8) is 0 Å². The van der Waals surface area contributed by atoms with Crippen molar-refractivity contribution >= 4 is 27.5 Å². The summed E-state index contributed by atoms with van der Waals surface area (Å²) in [6.07, 6.45) is 3.01. The summed E-state index contributed by atoms with van der Waals surface area (Å²) >= 11 is 3.15. The summed E-state index contributed by atoms with van der Waals surface area (Å²) < 4.78 is 27.4. The second-order valence-corrected chi connectivity index (χ2v) is 4.98. The third-order valence-corrected chi connectivity index (χ3v) is 3.36. The fourth-order valence-corrected chi connectivity index (χ4v) is 2.22. The van der Waals surface area contributed by atoms with E-state index in [0.29, 0.717) is 0 Å². The van der Waals surface area contributed by atoms with E-state index in [4.69, 9.17) is 5.11 Å². The van der Waals surface area contributed by atoms with Gasteiger partial charge in [0.1, 0.15) is 5.75 Å². The van der Waals surface area contributed by atoms with Gasteiger partial charge in [-0.15, -0.1) is 5.70 Å². The van der Waals surface area contributed by atoms with Crippen LogP contribution in [-0.4, -0.2) is 27.8 Å². The zero-order valence-electron chi connectivity index (χ0n) is 9.95. The van der Waals surface area contributed by atoms with Crippen LogP contribution < -0.4 is 0 Å². The van der Waals surface area contributed by atoms with E-state index >= 15 is 0 Å². The summed E-state index contributed by atoms with van der Waals surface area (Å²) in [5.41, 5.74) is -0.311. The van der Waals surface area contributed by atoms with Gasteiger partial charge in [-0.25, -0.2) is 14.9 Å². The minimum absolute atomic E-state index is 0. The van der Waals surface area contributed by atoms with Gasteiger partial charge in [0, 0.05) is 39.8 Å². The van der Waals surface area contributed by atoms with E-state index in [1.54, 1.807) is 0 Å². The summed E-state index contributed by atoms with van der Waals surface area (Å²) in [4.78, 5) is 12.4. The Labute approximate surface area is 142 Å². The Kier molecular flexibility index (Phi) is 5.65. The number of phenolic OH excluding ortho intramolecular Hbond substituents is 1. The van der Waals surface area contributed by atoms with Crippen molar-refractivity contribution in [2.45, 2.75) is 11.2 Å². The van der Waals surface area contributed by atoms with Crippen LogP contribution in [0.1, 0.15) is 12.0 Å². The largest absolute Gasteiger partial charge is 0.508 e. The van der Waals surface area contributed by atoms with Crippen LogP contribution in [-0.2, 0) is 37.5 Å². The predicted molar refractivity (Wildman–Crippen MR) is 64.8 cm³/mol. The number of halogens is 3. The number of hydrogen-bond donors (Lipinski definition) is 1. The van der Waals surface area contributed by atoms with Crippen LogP contribution >= 0.6 is 15.9 Å². The molecule has 19 heavy (non-hydrogen) atoms. The van der Waals surface area contributed by atoms with Crippen LogP contribution in [0.4, 0.5) is 8.78 Å². The molecule has 7 heteroatoms. The molecule has 0 bridgehead atoms. The molecule has 1 aliphatic rings. The van der Waals surface area contributed by atoms with Crippen molar-refractivity contribution in [1.82, 2.24) is 4.90 Å². The minimum atomic E-state index is -0.928. The van der Waals surface area contributed by atoms with Crippen LogP contribution in [0.5, 0.6) is 5.75 Å². The van der Waals surface area contributed by atoms with Gasteiger partial charge in [0.05, 0.1) is 16.5 Å². The van der Waals surface area contributed by atoms with Crippen molar-refractivity contribution in [2.75, 3.05) is 7.05 Å². The number of hydrogen-bond acceptors (Lipinski definition) is 2. The molecule has 3 nitrogen and oxygen atoms in total. The number of carbonyl (C=O) groups is 1. The molecule has 1 amide bonds. The van der Waals surface area contributed by atoms with Crippen LogP contribution in [0.3, 0.4) is 0 Å². The van der Waals surface area contributed by atoms with Gasteiger partial charge in [-0.05, 0) is 12.1 Å². The van der Waals surface area contributed by atoms with Gasteiger partial charge >= 0.3 is 0 Å². The number of rotatable bonds is 1. The molecule has 1 radical (unpaired) electrons. The first-order chi connectivity index (χ1) is 8.41. The fraction of sp³-hybridized carbons (Fsp3) is 0.250. The number of phenols is 1. The van der Waals surface area contributed by atoms with E-state index in [0.717, 1.165) is 17.0 Å². The zero-order valence-corrected chi connectivity index (χ0v) is 14.4. The topological polar surface area (TPSA) is 40.5 Å². The van der Waals surface area contributed by atoms with Crippen LogP contribution in [0, 0.1) is 17.7 Å². The molecule has 2 rings (SSSR count). The molecule has 1 aromatic carbocycles. The summed E-state index contributed by atoms with van der Waals surface area (Å²) in [6, 6.07) is 1.59. The first kappa shape index (κ1) is 16.7. The fourth-order valence-electron chi connectivity index (χ4n) is 1.75. The zero-order chi connectivity index (χ0) is 13.4. The molecule has 0 aromatic heterocycles. The van der Waals surface area contributed by atoms with Crippen molar-refractivity contribution in [2.24, 2.45) is 0 Å². The van der Waals surface area contributed by atoms with Gasteiger partial charge in [-0.1, -0.05) is 27.9 Å². The number of benzene rings is 1. The Morgan fingerprint density at radius 3 is 2.47 bits per heavy atom. The molecule has 1 atom stereocenters. The van der Waals surface area contributed by atoms with Crippen molar-refractivity contribution < 1.29 is 51.4 Å². The summed E-state index contributed by atoms with van der Waals surface area (Å²) in [5.74, 6) is -2.65. The number of alkyl halides is 1. The number of aromatic hydroxyl groups is 1. The molecule has 1 aliphatic heterocycles. The quantitative estimate of drug-likeness (QED) is 0.575. The Morgan fingerprint density at radius 1 is 1.42 bits per heavy atom. The molecular formula is C12H9BrF2NO2Y-. The summed E-state index contributed by atoms with van der Waals surface area (Å²) in [6.45, 7) is 0. The second kappa shape index (κ2) is 6.42. The Hall–Kier alpha value is -0.326. The third-order valence-electron chi connectivity index (χ3n) is 2.65. The molecule has 99 valence electrons. The number of amides is 1. The molecule has 0 aliphatic carbocycles. The average Bonchev–Trinajstić information content (AvgIpc) is 2.28. The number of nitrogens with zero attached hydrogens (tertiary/aromatic N) is 1. The minimum Gasteiger partial charge on any atom is -0.508 e. The molecular weight excluding hydrogens is 397 g/mol. The van der Waals surface area contributed by atoms with Gasteiger partial charge in [-0.3, -0.25) is 4.79 Å². The number of allylic oxidation sites excluding steroid dienone is 1. The molecule has 1 N–H and O–H groups in total. The van der Waals surface area contributed by atoms with E-state index in [2.05, 4.69) is 22.0 Å². The van der Waals surface area contributed by atoms with E-state index in [-0.39, 0.29) is 56.3 Å². The van der Waals surface area contributed by atoms with Crippen LogP contribution in [0.2, 0.25) is 0 Å². The normalized spacial score (nSPS) is 18.9. The van der Waals surface area contributed by atoms with Gasteiger partial charge in [0.2, 0.25) is 5.91 Å². The Balaban J connectivity index is 0.00000180. The molecule has 1 heterocycles. The summed E-state index contributed by atoms with van der Waals surface area (Å²) in [5, 5.41) is 9.08. The third kappa shape index (κ3) is 3.23. The van der Waals surface area contributed by atoms with Crippen molar-refractivity contribution in [1.29, 1.82) is 0 Å². The first-order valence-corrected chi connectivity index (χ1v) is 6.04. The molecule has 1 unspecified atom stereocenters. The van der Waals surface area contributed by atoms with Gasteiger partial charge in [0.25, 0.3) is 0 Å². The molecule has 0 fully saturated rings. The monoisotopic (exact) mass is 405 g/mol. The standard InChI is InChI=1S/C12H9BrF2NO2.Y/c1-16-10(3-2-7(13)12(16)18)11-8(14)4-6(17)5-9(11)15;/h4-5,7,17H,2H2,1H3;/q-1;. The van der Waals surface area contributed by atoms with Gasteiger partial charge in [-0.2, -0.15) is 0 Å². The molecule has 0 saturated heterocycles. The first-order valence-electron chi connectivity index (χ1n) is 5.12. The summed E-state index contributed by atoms with van der Waals surface area (Å²) in [7, 11) is 1.42. The smallest absolute Gasteiger partial charge is 0.236 e.